The van der Waals surface area contributed by atoms with E-state index in [1.807, 2.05) is 0 Å². The molecule has 0 saturated carbocycles. The Hall–Kier alpha value is -2.42. The Morgan fingerprint density at radius 1 is 1.28 bits per heavy atom. The van der Waals surface area contributed by atoms with Gasteiger partial charge < -0.3 is 4.74 Å². The van der Waals surface area contributed by atoms with Gasteiger partial charge in [-0.1, -0.05) is 0 Å². The van der Waals surface area contributed by atoms with Crippen molar-refractivity contribution in [2.24, 2.45) is 0 Å². The average molecular weight is 367 g/mol. The number of amides is 2. The lowest BCUT2D eigenvalue weighted by Gasteiger charge is -2.27. The molecule has 25 heavy (non-hydrogen) atoms. The summed E-state index contributed by atoms with van der Waals surface area (Å²) < 4.78 is 32.0. The van der Waals surface area contributed by atoms with Crippen molar-refractivity contribution in [3.8, 4) is 10.6 Å². The molecule has 0 bridgehead atoms. The average Bonchev–Trinajstić information content (AvgIpc) is 2.90. The van der Waals surface area contributed by atoms with E-state index in [0.717, 1.165) is 22.3 Å². The molecule has 0 atom stereocenters. The van der Waals surface area contributed by atoms with Crippen molar-refractivity contribution in [3.05, 3.63) is 34.6 Å². The predicted octanol–water partition coefficient (Wildman–Crippen LogP) is 3.42. The van der Waals surface area contributed by atoms with E-state index in [-0.39, 0.29) is 22.0 Å². The molecular weight excluding hydrogens is 352 g/mol. The Morgan fingerprint density at radius 3 is 2.64 bits per heavy atom. The maximum Gasteiger partial charge on any atom is 0.417 e. The Morgan fingerprint density at radius 2 is 2.00 bits per heavy atom. The van der Waals surface area contributed by atoms with E-state index >= 15 is 0 Å². The van der Waals surface area contributed by atoms with Gasteiger partial charge in [-0.2, -0.15) is 13.8 Å². The Labute approximate surface area is 146 Å². The highest BCUT2D eigenvalue weighted by Gasteiger charge is 2.35. The van der Waals surface area contributed by atoms with Crippen molar-refractivity contribution in [1.82, 2.24) is 14.9 Å². The summed E-state index contributed by atoms with van der Waals surface area (Å²) in [4.78, 5) is 33.3. The van der Waals surface area contributed by atoms with Crippen molar-refractivity contribution in [3.63, 3.8) is 0 Å². The Kier molecular flexibility index (Phi) is 4.28. The van der Waals surface area contributed by atoms with E-state index in [1.54, 1.807) is 20.8 Å². The van der Waals surface area contributed by atoms with Crippen LogP contribution in [0.1, 0.15) is 36.1 Å². The minimum absolute atomic E-state index is 0.0115. The fourth-order valence-corrected chi connectivity index (χ4v) is 3.38. The first kappa shape index (κ1) is 17.4. The molecule has 0 aliphatic carbocycles. The van der Waals surface area contributed by atoms with Crippen LogP contribution in [0.4, 0.5) is 13.6 Å². The van der Waals surface area contributed by atoms with Crippen LogP contribution in [0, 0.1) is 11.9 Å². The topological polar surface area (TPSA) is 72.4 Å². The second-order valence-electron chi connectivity index (χ2n) is 6.45. The van der Waals surface area contributed by atoms with Gasteiger partial charge >= 0.3 is 6.09 Å². The normalized spacial score (nSPS) is 14.4. The summed E-state index contributed by atoms with van der Waals surface area (Å²) in [7, 11) is 0. The van der Waals surface area contributed by atoms with Crippen LogP contribution < -0.4 is 0 Å². The first-order valence-electron chi connectivity index (χ1n) is 7.52. The van der Waals surface area contributed by atoms with Crippen molar-refractivity contribution in [2.75, 3.05) is 6.54 Å². The fraction of sp³-hybridized carbons (Fsp3) is 0.375. The molecule has 2 aromatic heterocycles. The summed E-state index contributed by atoms with van der Waals surface area (Å²) in [6.07, 6.45) is -0.389. The number of carbonyl (C=O) groups is 2. The highest BCUT2D eigenvalue weighted by molar-refractivity contribution is 7.17. The standard InChI is InChI=1S/C16H15F2N3O3S/c1-16(2,3)24-15(23)21-7-6-9-11(14(21)22)25-13(19-9)8-4-5-10(17)20-12(8)18/h4-5H,6-7H2,1-3H3. The van der Waals surface area contributed by atoms with Gasteiger partial charge in [0.25, 0.3) is 5.91 Å². The van der Waals surface area contributed by atoms with E-state index in [9.17, 15) is 18.4 Å². The Bertz CT molecular complexity index is 861. The molecular formula is C16H15F2N3O3S. The fourth-order valence-electron chi connectivity index (χ4n) is 2.31. The lowest BCUT2D eigenvalue weighted by Crippen LogP contribution is -2.44. The van der Waals surface area contributed by atoms with Gasteiger partial charge in [0.2, 0.25) is 11.9 Å². The molecule has 0 fully saturated rings. The molecule has 3 rings (SSSR count). The number of thiazole rings is 1. The maximum absolute atomic E-state index is 13.8. The highest BCUT2D eigenvalue weighted by atomic mass is 32.1. The van der Waals surface area contributed by atoms with Crippen LogP contribution in [0.15, 0.2) is 12.1 Å². The molecule has 0 aromatic carbocycles. The molecule has 0 saturated heterocycles. The minimum Gasteiger partial charge on any atom is -0.443 e. The molecule has 3 heterocycles. The lowest BCUT2D eigenvalue weighted by molar-refractivity contribution is 0.0235. The summed E-state index contributed by atoms with van der Waals surface area (Å²) in [6, 6.07) is 2.24. The van der Waals surface area contributed by atoms with Crippen LogP contribution in [0.3, 0.4) is 0 Å². The molecule has 2 amide bonds. The van der Waals surface area contributed by atoms with Crippen LogP contribution in [0.25, 0.3) is 10.6 Å². The quantitative estimate of drug-likeness (QED) is 0.722. The van der Waals surface area contributed by atoms with E-state index in [1.165, 1.54) is 6.07 Å². The summed E-state index contributed by atoms with van der Waals surface area (Å²) >= 11 is 0.943. The van der Waals surface area contributed by atoms with Gasteiger partial charge in [0.1, 0.15) is 15.5 Å². The number of fused-ring (bicyclic) bond motifs is 1. The van der Waals surface area contributed by atoms with Crippen molar-refractivity contribution >= 4 is 23.3 Å². The third kappa shape index (κ3) is 3.51. The number of imide groups is 1. The van der Waals surface area contributed by atoms with Gasteiger partial charge in [-0.15, -0.1) is 11.3 Å². The Balaban J connectivity index is 1.90. The first-order chi connectivity index (χ1) is 11.7. The van der Waals surface area contributed by atoms with Crippen molar-refractivity contribution < 1.29 is 23.1 Å². The van der Waals surface area contributed by atoms with E-state index in [0.29, 0.717) is 12.1 Å². The summed E-state index contributed by atoms with van der Waals surface area (Å²) in [5, 5.41) is 0.217. The molecule has 0 radical (unpaired) electrons. The summed E-state index contributed by atoms with van der Waals surface area (Å²) in [5.41, 5.74) is -0.231. The smallest absolute Gasteiger partial charge is 0.417 e. The maximum atomic E-state index is 13.8. The molecule has 1 aliphatic heterocycles. The zero-order valence-electron chi connectivity index (χ0n) is 13.8. The van der Waals surface area contributed by atoms with Crippen LogP contribution in [0.2, 0.25) is 0 Å². The first-order valence-corrected chi connectivity index (χ1v) is 8.34. The number of halogens is 2. The lowest BCUT2D eigenvalue weighted by atomic mass is 10.1. The third-order valence-corrected chi connectivity index (χ3v) is 4.49. The SMILES string of the molecule is CC(C)(C)OC(=O)N1CCc2nc(-c3ccc(F)nc3F)sc2C1=O. The highest BCUT2D eigenvalue weighted by Crippen LogP contribution is 2.33. The second-order valence-corrected chi connectivity index (χ2v) is 7.45. The summed E-state index contributed by atoms with van der Waals surface area (Å²) in [6.45, 7) is 5.26. The summed E-state index contributed by atoms with van der Waals surface area (Å²) in [5.74, 6) is -2.47. The van der Waals surface area contributed by atoms with Crippen LogP contribution in [-0.2, 0) is 11.2 Å². The second kappa shape index (κ2) is 6.14. The van der Waals surface area contributed by atoms with Gasteiger partial charge in [-0.3, -0.25) is 4.79 Å². The third-order valence-electron chi connectivity index (χ3n) is 3.37. The van der Waals surface area contributed by atoms with E-state index < -0.39 is 29.5 Å². The van der Waals surface area contributed by atoms with Crippen LogP contribution in [-0.4, -0.2) is 39.0 Å². The molecule has 0 N–H and O–H groups in total. The number of carbonyl (C=O) groups excluding carboxylic acids is 2. The molecule has 6 nitrogen and oxygen atoms in total. The van der Waals surface area contributed by atoms with Gasteiger partial charge in [0.15, 0.2) is 0 Å². The number of nitrogens with zero attached hydrogens (tertiary/aromatic N) is 3. The van der Waals surface area contributed by atoms with Gasteiger partial charge in [-0.25, -0.2) is 14.7 Å². The number of pyridine rings is 1. The zero-order chi connectivity index (χ0) is 18.4. The largest absolute Gasteiger partial charge is 0.443 e. The monoisotopic (exact) mass is 367 g/mol. The number of aromatic nitrogens is 2. The van der Waals surface area contributed by atoms with Crippen molar-refractivity contribution in [1.29, 1.82) is 0 Å². The van der Waals surface area contributed by atoms with Crippen LogP contribution in [0.5, 0.6) is 0 Å². The van der Waals surface area contributed by atoms with Gasteiger partial charge in [-0.05, 0) is 32.9 Å². The van der Waals surface area contributed by atoms with E-state index in [2.05, 4.69) is 9.97 Å². The predicted molar refractivity (Wildman–Crippen MR) is 86.2 cm³/mol. The van der Waals surface area contributed by atoms with Crippen molar-refractivity contribution in [2.45, 2.75) is 32.8 Å². The molecule has 132 valence electrons. The van der Waals surface area contributed by atoms with Crippen LogP contribution >= 0.6 is 11.3 Å². The number of ether oxygens (including phenoxy) is 1. The van der Waals surface area contributed by atoms with E-state index in [4.69, 9.17) is 4.74 Å². The number of rotatable bonds is 1. The molecule has 9 heteroatoms. The molecule has 0 unspecified atom stereocenters. The number of hydrogen-bond donors (Lipinski definition) is 0. The van der Waals surface area contributed by atoms with Gasteiger partial charge in [0.05, 0.1) is 11.3 Å². The minimum atomic E-state index is -0.998. The van der Waals surface area contributed by atoms with Gasteiger partial charge in [0, 0.05) is 13.0 Å². The molecule has 1 aliphatic rings. The zero-order valence-corrected chi connectivity index (χ0v) is 14.6. The molecule has 0 spiro atoms. The molecule has 2 aromatic rings. The number of hydrogen-bond acceptors (Lipinski definition) is 6.